The van der Waals surface area contributed by atoms with Crippen molar-refractivity contribution < 1.29 is 9.90 Å². The zero-order valence-corrected chi connectivity index (χ0v) is 12.4. The number of carboxylic acid groups (broad SMARTS) is 1. The molecule has 1 aromatic rings. The summed E-state index contributed by atoms with van der Waals surface area (Å²) in [6, 6.07) is 6.66. The highest BCUT2D eigenvalue weighted by Gasteiger charge is 2.36. The van der Waals surface area contributed by atoms with Crippen LogP contribution in [0.15, 0.2) is 18.2 Å². The summed E-state index contributed by atoms with van der Waals surface area (Å²) in [6.07, 6.45) is 5.97. The Kier molecular flexibility index (Phi) is 3.76. The van der Waals surface area contributed by atoms with E-state index >= 15 is 0 Å². The van der Waals surface area contributed by atoms with Gasteiger partial charge in [0.25, 0.3) is 0 Å². The second-order valence-corrected chi connectivity index (χ2v) is 6.33. The number of aromatic carboxylic acids is 1. The van der Waals surface area contributed by atoms with Crippen molar-refractivity contribution in [3.05, 3.63) is 23.8 Å². The third kappa shape index (κ3) is 2.83. The van der Waals surface area contributed by atoms with E-state index in [-0.39, 0.29) is 5.56 Å². The standard InChI is InChI=1S/C16H23N3O2/c1-19-12-3-2-4-13(19)9-11(8-12)18-15-6-5-10(17)7-14(15)16(20)21/h5-7,11-13,18H,2-4,8-9,17H2,1H3,(H,20,21). The molecule has 0 spiro atoms. The Hall–Kier alpha value is -1.75. The Balaban J connectivity index is 1.77. The zero-order valence-electron chi connectivity index (χ0n) is 12.4. The molecule has 2 aliphatic heterocycles. The number of benzene rings is 1. The summed E-state index contributed by atoms with van der Waals surface area (Å²) in [5, 5.41) is 12.8. The monoisotopic (exact) mass is 289 g/mol. The summed E-state index contributed by atoms with van der Waals surface area (Å²) >= 11 is 0. The van der Waals surface area contributed by atoms with Gasteiger partial charge in [-0.3, -0.25) is 0 Å². The molecule has 3 rings (SSSR count). The molecule has 4 N–H and O–H groups in total. The molecular weight excluding hydrogens is 266 g/mol. The summed E-state index contributed by atoms with van der Waals surface area (Å²) in [7, 11) is 2.22. The van der Waals surface area contributed by atoms with Gasteiger partial charge in [-0.25, -0.2) is 4.79 Å². The molecule has 2 saturated heterocycles. The molecule has 5 heteroatoms. The summed E-state index contributed by atoms with van der Waals surface area (Å²) in [5.41, 5.74) is 7.13. The number of carboxylic acids is 1. The van der Waals surface area contributed by atoms with Gasteiger partial charge in [0.15, 0.2) is 0 Å². The van der Waals surface area contributed by atoms with E-state index in [0.717, 1.165) is 12.8 Å². The van der Waals surface area contributed by atoms with Crippen LogP contribution in [-0.4, -0.2) is 41.1 Å². The number of nitrogens with two attached hydrogens (primary N) is 1. The van der Waals surface area contributed by atoms with Crippen molar-refractivity contribution in [2.24, 2.45) is 0 Å². The number of fused-ring (bicyclic) bond motifs is 2. The smallest absolute Gasteiger partial charge is 0.337 e. The van der Waals surface area contributed by atoms with Gasteiger partial charge in [-0.1, -0.05) is 6.42 Å². The molecule has 2 bridgehead atoms. The molecule has 114 valence electrons. The van der Waals surface area contributed by atoms with Crippen LogP contribution in [0.5, 0.6) is 0 Å². The lowest BCUT2D eigenvalue weighted by atomic mass is 9.82. The Morgan fingerprint density at radius 2 is 2.00 bits per heavy atom. The van der Waals surface area contributed by atoms with Crippen LogP contribution in [0, 0.1) is 0 Å². The molecule has 0 amide bonds. The number of hydrogen-bond donors (Lipinski definition) is 3. The number of nitrogen functional groups attached to an aromatic ring is 1. The second-order valence-electron chi connectivity index (χ2n) is 6.33. The molecule has 0 aromatic heterocycles. The van der Waals surface area contributed by atoms with Crippen molar-refractivity contribution in [3.63, 3.8) is 0 Å². The SMILES string of the molecule is CN1C2CCCC1CC(Nc1ccc(N)cc1C(=O)O)C2. The normalized spacial score (nSPS) is 29.1. The lowest BCUT2D eigenvalue weighted by Crippen LogP contribution is -2.52. The number of nitrogens with zero attached hydrogens (tertiary/aromatic N) is 1. The molecule has 2 atom stereocenters. The third-order valence-electron chi connectivity index (χ3n) is 4.97. The number of carbonyl (C=O) groups is 1. The molecule has 21 heavy (non-hydrogen) atoms. The van der Waals surface area contributed by atoms with Crippen LogP contribution in [0.3, 0.4) is 0 Å². The zero-order chi connectivity index (χ0) is 15.0. The van der Waals surface area contributed by atoms with Crippen molar-refractivity contribution in [2.45, 2.75) is 50.2 Å². The lowest BCUT2D eigenvalue weighted by molar-refractivity contribution is 0.0607. The topological polar surface area (TPSA) is 78.6 Å². The van der Waals surface area contributed by atoms with Crippen LogP contribution < -0.4 is 11.1 Å². The molecule has 1 aromatic carbocycles. The van der Waals surface area contributed by atoms with Gasteiger partial charge in [0, 0.05) is 29.5 Å². The van der Waals surface area contributed by atoms with E-state index in [0.29, 0.717) is 29.5 Å². The fraction of sp³-hybridized carbons (Fsp3) is 0.562. The first-order valence-corrected chi connectivity index (χ1v) is 7.66. The molecule has 0 saturated carbocycles. The molecule has 2 fully saturated rings. The highest BCUT2D eigenvalue weighted by molar-refractivity contribution is 5.95. The average Bonchev–Trinajstić information content (AvgIpc) is 2.41. The van der Waals surface area contributed by atoms with Crippen molar-refractivity contribution in [1.29, 1.82) is 0 Å². The largest absolute Gasteiger partial charge is 0.478 e. The van der Waals surface area contributed by atoms with E-state index in [1.165, 1.54) is 25.3 Å². The number of rotatable bonds is 3. The minimum atomic E-state index is -0.932. The summed E-state index contributed by atoms with van der Waals surface area (Å²) in [6.45, 7) is 0. The Labute approximate surface area is 125 Å². The minimum Gasteiger partial charge on any atom is -0.478 e. The quantitative estimate of drug-likeness (QED) is 0.745. The van der Waals surface area contributed by atoms with Crippen LogP contribution in [0.25, 0.3) is 0 Å². The highest BCUT2D eigenvalue weighted by atomic mass is 16.4. The minimum absolute atomic E-state index is 0.263. The second kappa shape index (κ2) is 5.56. The van der Waals surface area contributed by atoms with E-state index in [4.69, 9.17) is 5.73 Å². The fourth-order valence-corrected chi connectivity index (χ4v) is 3.82. The maximum Gasteiger partial charge on any atom is 0.337 e. The van der Waals surface area contributed by atoms with Crippen molar-refractivity contribution >= 4 is 17.3 Å². The average molecular weight is 289 g/mol. The van der Waals surface area contributed by atoms with E-state index in [2.05, 4.69) is 17.3 Å². The Morgan fingerprint density at radius 3 is 2.62 bits per heavy atom. The maximum atomic E-state index is 11.4. The Morgan fingerprint density at radius 1 is 1.33 bits per heavy atom. The van der Waals surface area contributed by atoms with Crippen LogP contribution >= 0.6 is 0 Å². The third-order valence-corrected chi connectivity index (χ3v) is 4.97. The van der Waals surface area contributed by atoms with Gasteiger partial charge in [0.1, 0.15) is 0 Å². The van der Waals surface area contributed by atoms with Gasteiger partial charge < -0.3 is 21.1 Å². The lowest BCUT2D eigenvalue weighted by Gasteiger charge is -2.47. The molecule has 5 nitrogen and oxygen atoms in total. The number of piperidine rings is 2. The molecule has 2 aliphatic rings. The summed E-state index contributed by atoms with van der Waals surface area (Å²) in [5.74, 6) is -0.932. The highest BCUT2D eigenvalue weighted by Crippen LogP contribution is 2.34. The van der Waals surface area contributed by atoms with Crippen LogP contribution in [0.2, 0.25) is 0 Å². The van der Waals surface area contributed by atoms with Gasteiger partial charge in [-0.15, -0.1) is 0 Å². The molecule has 0 radical (unpaired) electrons. The number of anilines is 2. The van der Waals surface area contributed by atoms with Crippen LogP contribution in [-0.2, 0) is 0 Å². The first-order valence-electron chi connectivity index (χ1n) is 7.66. The molecular formula is C16H23N3O2. The first-order chi connectivity index (χ1) is 10.0. The van der Waals surface area contributed by atoms with E-state index in [1.807, 2.05) is 0 Å². The number of nitrogens with one attached hydrogen (secondary N) is 1. The van der Waals surface area contributed by atoms with Crippen molar-refractivity contribution in [1.82, 2.24) is 4.90 Å². The number of hydrogen-bond acceptors (Lipinski definition) is 4. The summed E-state index contributed by atoms with van der Waals surface area (Å²) in [4.78, 5) is 13.9. The van der Waals surface area contributed by atoms with Gasteiger partial charge in [0.05, 0.1) is 5.56 Å². The molecule has 0 aliphatic carbocycles. The van der Waals surface area contributed by atoms with Crippen LogP contribution in [0.4, 0.5) is 11.4 Å². The predicted molar refractivity (Wildman–Crippen MR) is 83.6 cm³/mol. The van der Waals surface area contributed by atoms with E-state index < -0.39 is 5.97 Å². The molecule has 2 heterocycles. The van der Waals surface area contributed by atoms with Crippen molar-refractivity contribution in [2.75, 3.05) is 18.1 Å². The summed E-state index contributed by atoms with van der Waals surface area (Å²) < 4.78 is 0. The van der Waals surface area contributed by atoms with Crippen molar-refractivity contribution in [3.8, 4) is 0 Å². The van der Waals surface area contributed by atoms with Gasteiger partial charge in [0.2, 0.25) is 0 Å². The fourth-order valence-electron chi connectivity index (χ4n) is 3.82. The van der Waals surface area contributed by atoms with Gasteiger partial charge in [-0.2, -0.15) is 0 Å². The van der Waals surface area contributed by atoms with Gasteiger partial charge in [-0.05, 0) is 50.9 Å². The molecule has 2 unspecified atom stereocenters. The van der Waals surface area contributed by atoms with E-state index in [1.54, 1.807) is 12.1 Å². The van der Waals surface area contributed by atoms with E-state index in [9.17, 15) is 9.90 Å². The first kappa shape index (κ1) is 14.2. The Bertz CT molecular complexity index is 532. The predicted octanol–water partition coefficient (Wildman–Crippen LogP) is 2.39. The maximum absolute atomic E-state index is 11.4. The van der Waals surface area contributed by atoms with Gasteiger partial charge >= 0.3 is 5.97 Å². The van der Waals surface area contributed by atoms with Crippen LogP contribution in [0.1, 0.15) is 42.5 Å².